The number of nitrogens with one attached hydrogen (secondary N) is 1. The van der Waals surface area contributed by atoms with Crippen molar-refractivity contribution in [3.05, 3.63) is 180 Å². The van der Waals surface area contributed by atoms with E-state index in [9.17, 15) is 0 Å². The zero-order chi connectivity index (χ0) is 31.2. The van der Waals surface area contributed by atoms with Crippen LogP contribution < -0.4 is 5.32 Å². The van der Waals surface area contributed by atoms with E-state index in [2.05, 4.69) is 127 Å². The van der Waals surface area contributed by atoms with Crippen molar-refractivity contribution >= 4 is 44.4 Å². The molecular formula is C43H29N3O. The third-order valence-corrected chi connectivity index (χ3v) is 8.91. The summed E-state index contributed by atoms with van der Waals surface area (Å²) in [6.07, 6.45) is -0.279. The molecule has 1 aromatic heterocycles. The fraction of sp³-hybridized carbons (Fsp3) is 0.0233. The maximum atomic E-state index is 6.10. The van der Waals surface area contributed by atoms with E-state index in [0.717, 1.165) is 55.6 Å². The average Bonchev–Trinajstić information content (AvgIpc) is 3.53. The van der Waals surface area contributed by atoms with Gasteiger partial charge in [0.15, 0.2) is 5.84 Å². The van der Waals surface area contributed by atoms with Gasteiger partial charge in [0.1, 0.15) is 23.2 Å². The summed E-state index contributed by atoms with van der Waals surface area (Å²) in [5.74, 6) is 1.47. The Kier molecular flexibility index (Phi) is 6.50. The van der Waals surface area contributed by atoms with Crippen LogP contribution in [0, 0.1) is 0 Å². The van der Waals surface area contributed by atoms with Gasteiger partial charge in [0.2, 0.25) is 0 Å². The van der Waals surface area contributed by atoms with E-state index < -0.39 is 0 Å². The maximum Gasteiger partial charge on any atom is 0.159 e. The normalized spacial score (nSPS) is 14.6. The molecule has 8 aromatic rings. The molecule has 222 valence electrons. The SMILES string of the molecule is c1ccc(-c2ccc3cc(-c4cccc(C5=NC(c6ccccc6)NC(c6ccc7oc8ccccc8c7c6)=N5)c4)ccc3c2)cc1. The second-order valence-electron chi connectivity index (χ2n) is 11.9. The van der Waals surface area contributed by atoms with Gasteiger partial charge in [-0.3, -0.25) is 0 Å². The molecule has 1 N–H and O–H groups in total. The van der Waals surface area contributed by atoms with Gasteiger partial charge in [-0.05, 0) is 81.1 Å². The number of benzene rings is 7. The number of fused-ring (bicyclic) bond motifs is 4. The van der Waals surface area contributed by atoms with Crippen LogP contribution in [0.25, 0.3) is 55.0 Å². The minimum atomic E-state index is -0.279. The summed E-state index contributed by atoms with van der Waals surface area (Å²) in [6.45, 7) is 0. The first kappa shape index (κ1) is 27.1. The average molecular weight is 604 g/mol. The topological polar surface area (TPSA) is 49.9 Å². The molecule has 0 aliphatic carbocycles. The molecule has 0 bridgehead atoms. The summed E-state index contributed by atoms with van der Waals surface area (Å²) in [7, 11) is 0. The Hall–Kier alpha value is -6.26. The van der Waals surface area contributed by atoms with E-state index in [-0.39, 0.29) is 6.17 Å². The largest absolute Gasteiger partial charge is 0.456 e. The lowest BCUT2D eigenvalue weighted by Crippen LogP contribution is -2.33. The number of hydrogen-bond donors (Lipinski definition) is 1. The molecule has 0 saturated carbocycles. The maximum absolute atomic E-state index is 6.10. The highest BCUT2D eigenvalue weighted by Gasteiger charge is 2.22. The zero-order valence-corrected chi connectivity index (χ0v) is 25.5. The molecule has 0 saturated heterocycles. The fourth-order valence-corrected chi connectivity index (χ4v) is 6.48. The second kappa shape index (κ2) is 11.3. The van der Waals surface area contributed by atoms with Crippen molar-refractivity contribution in [1.29, 1.82) is 0 Å². The van der Waals surface area contributed by atoms with Crippen LogP contribution in [0.3, 0.4) is 0 Å². The highest BCUT2D eigenvalue weighted by Crippen LogP contribution is 2.32. The molecule has 0 amide bonds. The van der Waals surface area contributed by atoms with Gasteiger partial charge < -0.3 is 9.73 Å². The molecule has 1 aliphatic heterocycles. The number of para-hydroxylation sites is 1. The molecule has 1 unspecified atom stereocenters. The second-order valence-corrected chi connectivity index (χ2v) is 11.9. The van der Waals surface area contributed by atoms with Gasteiger partial charge in [0.25, 0.3) is 0 Å². The van der Waals surface area contributed by atoms with Crippen LogP contribution >= 0.6 is 0 Å². The summed E-state index contributed by atoms with van der Waals surface area (Å²) >= 11 is 0. The Labute approximate surface area is 272 Å². The highest BCUT2D eigenvalue weighted by molar-refractivity contribution is 6.15. The lowest BCUT2D eigenvalue weighted by molar-refractivity contribution is 0.668. The van der Waals surface area contributed by atoms with Crippen molar-refractivity contribution in [3.8, 4) is 22.3 Å². The summed E-state index contributed by atoms with van der Waals surface area (Å²) in [4.78, 5) is 10.2. The van der Waals surface area contributed by atoms with Crippen molar-refractivity contribution in [3.63, 3.8) is 0 Å². The Morgan fingerprint density at radius 1 is 0.447 bits per heavy atom. The van der Waals surface area contributed by atoms with E-state index >= 15 is 0 Å². The number of furan rings is 1. The van der Waals surface area contributed by atoms with Gasteiger partial charge in [-0.2, -0.15) is 0 Å². The van der Waals surface area contributed by atoms with Crippen molar-refractivity contribution in [2.24, 2.45) is 9.98 Å². The lowest BCUT2D eigenvalue weighted by Gasteiger charge is -2.24. The molecule has 0 spiro atoms. The first-order chi connectivity index (χ1) is 23.2. The van der Waals surface area contributed by atoms with Crippen LogP contribution in [-0.2, 0) is 0 Å². The standard InChI is InChI=1S/C43H29N3O/c1-3-10-28(11-4-1)31-18-19-34-25-32(20-21-33(34)24-31)30-14-9-15-35(26-30)42-44-41(29-12-5-2-6-13-29)45-43(46-42)36-22-23-40-38(27-36)37-16-7-8-17-39(37)47-40/h1-27,41H,(H,44,45,46). The minimum Gasteiger partial charge on any atom is -0.456 e. The minimum absolute atomic E-state index is 0.279. The lowest BCUT2D eigenvalue weighted by atomic mass is 9.97. The van der Waals surface area contributed by atoms with Gasteiger partial charge in [-0.1, -0.05) is 121 Å². The smallest absolute Gasteiger partial charge is 0.159 e. The van der Waals surface area contributed by atoms with E-state index in [0.29, 0.717) is 5.84 Å². The van der Waals surface area contributed by atoms with Crippen LogP contribution in [0.5, 0.6) is 0 Å². The molecule has 4 nitrogen and oxygen atoms in total. The molecule has 1 aliphatic rings. The number of hydrogen-bond acceptors (Lipinski definition) is 4. The fourth-order valence-electron chi connectivity index (χ4n) is 6.48. The van der Waals surface area contributed by atoms with Crippen LogP contribution in [0.2, 0.25) is 0 Å². The highest BCUT2D eigenvalue weighted by atomic mass is 16.3. The van der Waals surface area contributed by atoms with Gasteiger partial charge in [-0.25, -0.2) is 9.98 Å². The van der Waals surface area contributed by atoms with Gasteiger partial charge in [0, 0.05) is 21.9 Å². The molecule has 47 heavy (non-hydrogen) atoms. The number of nitrogens with zero attached hydrogens (tertiary/aromatic N) is 2. The Balaban J connectivity index is 1.11. The first-order valence-corrected chi connectivity index (χ1v) is 15.8. The van der Waals surface area contributed by atoms with Crippen LogP contribution in [0.1, 0.15) is 22.9 Å². The van der Waals surface area contributed by atoms with Gasteiger partial charge in [0.05, 0.1) is 0 Å². The van der Waals surface area contributed by atoms with E-state index in [1.54, 1.807) is 0 Å². The summed E-state index contributed by atoms with van der Waals surface area (Å²) in [5.41, 5.74) is 9.49. The Morgan fingerprint density at radius 2 is 1.06 bits per heavy atom. The van der Waals surface area contributed by atoms with Crippen molar-refractivity contribution < 1.29 is 4.42 Å². The summed E-state index contributed by atoms with van der Waals surface area (Å²) in [6, 6.07) is 57.1. The monoisotopic (exact) mass is 603 g/mol. The molecule has 7 aromatic carbocycles. The van der Waals surface area contributed by atoms with E-state index in [1.807, 2.05) is 42.5 Å². The molecule has 0 fully saturated rings. The Morgan fingerprint density at radius 3 is 1.87 bits per heavy atom. The third-order valence-electron chi connectivity index (χ3n) is 8.91. The third kappa shape index (κ3) is 5.06. The number of rotatable bonds is 5. The van der Waals surface area contributed by atoms with Crippen LogP contribution in [0.15, 0.2) is 178 Å². The van der Waals surface area contributed by atoms with Crippen LogP contribution in [-0.4, -0.2) is 11.7 Å². The summed E-state index contributed by atoms with van der Waals surface area (Å²) < 4.78 is 6.10. The zero-order valence-electron chi connectivity index (χ0n) is 25.5. The van der Waals surface area contributed by atoms with Crippen molar-refractivity contribution in [1.82, 2.24) is 5.32 Å². The number of amidine groups is 2. The predicted molar refractivity (Wildman–Crippen MR) is 194 cm³/mol. The molecule has 9 rings (SSSR count). The quantitative estimate of drug-likeness (QED) is 0.213. The number of aliphatic imine (C=N–C) groups is 2. The van der Waals surface area contributed by atoms with E-state index in [4.69, 9.17) is 14.4 Å². The first-order valence-electron chi connectivity index (χ1n) is 15.8. The molecule has 0 radical (unpaired) electrons. The summed E-state index contributed by atoms with van der Waals surface area (Å²) in [5, 5.41) is 8.19. The molecule has 2 heterocycles. The van der Waals surface area contributed by atoms with Crippen molar-refractivity contribution in [2.45, 2.75) is 6.17 Å². The molecule has 4 heteroatoms. The van der Waals surface area contributed by atoms with Gasteiger partial charge in [-0.15, -0.1) is 0 Å². The Bertz CT molecular complexity index is 2490. The molecule has 1 atom stereocenters. The molecular weight excluding hydrogens is 574 g/mol. The van der Waals surface area contributed by atoms with E-state index in [1.165, 1.54) is 21.9 Å². The predicted octanol–water partition coefficient (Wildman–Crippen LogP) is 10.6. The van der Waals surface area contributed by atoms with Gasteiger partial charge >= 0.3 is 0 Å². The van der Waals surface area contributed by atoms with Crippen LogP contribution in [0.4, 0.5) is 0 Å². The van der Waals surface area contributed by atoms with Crippen molar-refractivity contribution in [2.75, 3.05) is 0 Å².